The maximum absolute atomic E-state index is 13.5. The predicted molar refractivity (Wildman–Crippen MR) is 81.8 cm³/mol. The molecule has 1 aromatic heterocycles. The summed E-state index contributed by atoms with van der Waals surface area (Å²) in [6.45, 7) is 6.65. The Balaban J connectivity index is 1.92. The Labute approximate surface area is 124 Å². The van der Waals surface area contributed by atoms with Crippen molar-refractivity contribution in [2.75, 3.05) is 17.2 Å². The average Bonchev–Trinajstić information content (AvgIpc) is 2.39. The fourth-order valence-corrected chi connectivity index (χ4v) is 1.80. The molecule has 0 amide bonds. The van der Waals surface area contributed by atoms with Gasteiger partial charge in [0, 0.05) is 12.1 Å². The third kappa shape index (κ3) is 4.98. The van der Waals surface area contributed by atoms with Crippen LogP contribution in [0.4, 0.5) is 16.2 Å². The largest absolute Gasteiger partial charge is 0.368 e. The highest BCUT2D eigenvalue weighted by Crippen LogP contribution is 2.11. The zero-order chi connectivity index (χ0) is 15.3. The van der Waals surface area contributed by atoms with Crippen LogP contribution in [-0.2, 0) is 6.42 Å². The smallest absolute Gasteiger partial charge is 0.245 e. The highest BCUT2D eigenvalue weighted by molar-refractivity contribution is 5.38. The second kappa shape index (κ2) is 6.47. The lowest BCUT2D eigenvalue weighted by atomic mass is 10.1. The fourth-order valence-electron chi connectivity index (χ4n) is 1.80. The number of aromatic nitrogens is 3. The van der Waals surface area contributed by atoms with Crippen LogP contribution in [0.25, 0.3) is 0 Å². The topological polar surface area (TPSA) is 62.7 Å². The van der Waals surface area contributed by atoms with E-state index < -0.39 is 0 Å². The monoisotopic (exact) mass is 289 g/mol. The van der Waals surface area contributed by atoms with Crippen LogP contribution < -0.4 is 10.6 Å². The van der Waals surface area contributed by atoms with Crippen LogP contribution in [-0.4, -0.2) is 27.3 Å². The van der Waals surface area contributed by atoms with Crippen LogP contribution >= 0.6 is 0 Å². The number of benzene rings is 1. The maximum Gasteiger partial charge on any atom is 0.245 e. The minimum atomic E-state index is -0.185. The van der Waals surface area contributed by atoms with Crippen LogP contribution in [0.5, 0.6) is 0 Å². The van der Waals surface area contributed by atoms with Crippen LogP contribution in [0.1, 0.15) is 26.3 Å². The molecular formula is C15H20FN5. The first-order valence-corrected chi connectivity index (χ1v) is 6.89. The Hall–Kier alpha value is -2.24. The molecule has 1 aromatic carbocycles. The first-order chi connectivity index (χ1) is 9.94. The SMILES string of the molecule is CC(C)(C)Nc1nncc(NCCc2ccccc2F)n1. The summed E-state index contributed by atoms with van der Waals surface area (Å²) >= 11 is 0. The van der Waals surface area contributed by atoms with Crippen LogP contribution in [0.3, 0.4) is 0 Å². The van der Waals surface area contributed by atoms with E-state index in [1.54, 1.807) is 18.3 Å². The zero-order valence-corrected chi connectivity index (χ0v) is 12.5. The van der Waals surface area contributed by atoms with E-state index >= 15 is 0 Å². The second-order valence-electron chi connectivity index (χ2n) is 5.81. The Morgan fingerprint density at radius 3 is 2.67 bits per heavy atom. The van der Waals surface area contributed by atoms with Crippen molar-refractivity contribution in [3.8, 4) is 0 Å². The third-order valence-corrected chi connectivity index (χ3v) is 2.70. The maximum atomic E-state index is 13.5. The number of anilines is 2. The van der Waals surface area contributed by atoms with E-state index in [1.165, 1.54) is 6.07 Å². The molecule has 0 saturated heterocycles. The Morgan fingerprint density at radius 2 is 1.95 bits per heavy atom. The van der Waals surface area contributed by atoms with Gasteiger partial charge in [0.1, 0.15) is 5.82 Å². The first kappa shape index (κ1) is 15.2. The molecule has 2 N–H and O–H groups in total. The minimum absolute atomic E-state index is 0.131. The average molecular weight is 289 g/mol. The van der Waals surface area contributed by atoms with Crippen molar-refractivity contribution in [2.45, 2.75) is 32.7 Å². The van der Waals surface area contributed by atoms with Crippen LogP contribution in [0.15, 0.2) is 30.5 Å². The molecule has 0 unspecified atom stereocenters. The molecule has 0 aliphatic rings. The van der Waals surface area contributed by atoms with E-state index in [-0.39, 0.29) is 11.4 Å². The van der Waals surface area contributed by atoms with Gasteiger partial charge in [-0.25, -0.2) is 4.39 Å². The van der Waals surface area contributed by atoms with Gasteiger partial charge in [0.15, 0.2) is 5.82 Å². The molecule has 0 fully saturated rings. The summed E-state index contributed by atoms with van der Waals surface area (Å²) in [5, 5.41) is 14.1. The van der Waals surface area contributed by atoms with Gasteiger partial charge in [0.05, 0.1) is 6.20 Å². The van der Waals surface area contributed by atoms with Gasteiger partial charge < -0.3 is 10.6 Å². The Kier molecular flexibility index (Phi) is 4.67. The summed E-state index contributed by atoms with van der Waals surface area (Å²) in [6, 6.07) is 6.76. The molecule has 0 spiro atoms. The molecule has 0 atom stereocenters. The lowest BCUT2D eigenvalue weighted by molar-refractivity contribution is 0.610. The summed E-state index contributed by atoms with van der Waals surface area (Å²) in [6.07, 6.45) is 2.13. The van der Waals surface area contributed by atoms with Gasteiger partial charge in [-0.05, 0) is 38.8 Å². The standard InChI is InChI=1S/C15H20FN5/c1-15(2,3)20-14-19-13(10-18-21-14)17-9-8-11-6-4-5-7-12(11)16/h4-7,10H,8-9H2,1-3H3,(H2,17,19,20,21). The van der Waals surface area contributed by atoms with E-state index in [0.717, 1.165) is 0 Å². The second-order valence-corrected chi connectivity index (χ2v) is 5.81. The van der Waals surface area contributed by atoms with E-state index in [1.807, 2.05) is 26.8 Å². The van der Waals surface area contributed by atoms with Crippen molar-refractivity contribution in [1.29, 1.82) is 0 Å². The lowest BCUT2D eigenvalue weighted by Crippen LogP contribution is -2.27. The Bertz CT molecular complexity index is 595. The molecule has 0 radical (unpaired) electrons. The summed E-state index contributed by atoms with van der Waals surface area (Å²) in [5.41, 5.74) is 0.549. The third-order valence-electron chi connectivity index (χ3n) is 2.70. The molecule has 6 heteroatoms. The summed E-state index contributed by atoms with van der Waals surface area (Å²) in [5.74, 6) is 0.904. The van der Waals surface area contributed by atoms with Crippen molar-refractivity contribution in [1.82, 2.24) is 15.2 Å². The molecule has 0 aliphatic heterocycles. The molecule has 5 nitrogen and oxygen atoms in total. The van der Waals surface area contributed by atoms with Crippen molar-refractivity contribution < 1.29 is 4.39 Å². The molecule has 2 rings (SSSR count). The van der Waals surface area contributed by atoms with Crippen molar-refractivity contribution >= 4 is 11.8 Å². The minimum Gasteiger partial charge on any atom is -0.368 e. The number of hydrogen-bond acceptors (Lipinski definition) is 5. The molecule has 1 heterocycles. The fraction of sp³-hybridized carbons (Fsp3) is 0.400. The highest BCUT2D eigenvalue weighted by Gasteiger charge is 2.11. The number of rotatable bonds is 5. The van der Waals surface area contributed by atoms with Gasteiger partial charge in [-0.15, -0.1) is 5.10 Å². The quantitative estimate of drug-likeness (QED) is 0.886. The summed E-state index contributed by atoms with van der Waals surface area (Å²) in [7, 11) is 0. The van der Waals surface area contributed by atoms with E-state index in [4.69, 9.17) is 0 Å². The van der Waals surface area contributed by atoms with Crippen LogP contribution in [0, 0.1) is 5.82 Å². The number of hydrogen-bond donors (Lipinski definition) is 2. The van der Waals surface area contributed by atoms with Crippen molar-refractivity contribution in [3.63, 3.8) is 0 Å². The van der Waals surface area contributed by atoms with Crippen molar-refractivity contribution in [3.05, 3.63) is 41.8 Å². The zero-order valence-electron chi connectivity index (χ0n) is 12.5. The van der Waals surface area contributed by atoms with Crippen molar-refractivity contribution in [2.24, 2.45) is 0 Å². The van der Waals surface area contributed by atoms with Gasteiger partial charge in [-0.3, -0.25) is 0 Å². The van der Waals surface area contributed by atoms with Gasteiger partial charge >= 0.3 is 0 Å². The van der Waals surface area contributed by atoms with Gasteiger partial charge in [-0.2, -0.15) is 10.1 Å². The van der Waals surface area contributed by atoms with Gasteiger partial charge in [0.2, 0.25) is 5.95 Å². The summed E-state index contributed by atoms with van der Waals surface area (Å²) in [4.78, 5) is 4.32. The van der Waals surface area contributed by atoms with Crippen LogP contribution in [0.2, 0.25) is 0 Å². The van der Waals surface area contributed by atoms with E-state index in [0.29, 0.717) is 30.3 Å². The first-order valence-electron chi connectivity index (χ1n) is 6.89. The number of nitrogens with zero attached hydrogens (tertiary/aromatic N) is 3. The predicted octanol–water partition coefficient (Wildman–Crippen LogP) is 2.88. The molecular weight excluding hydrogens is 269 g/mol. The molecule has 112 valence electrons. The number of nitrogens with one attached hydrogen (secondary N) is 2. The molecule has 21 heavy (non-hydrogen) atoms. The van der Waals surface area contributed by atoms with Gasteiger partial charge in [0.25, 0.3) is 0 Å². The highest BCUT2D eigenvalue weighted by atomic mass is 19.1. The molecule has 0 saturated carbocycles. The normalized spacial score (nSPS) is 11.2. The van der Waals surface area contributed by atoms with E-state index in [9.17, 15) is 4.39 Å². The molecule has 0 aliphatic carbocycles. The summed E-state index contributed by atoms with van der Waals surface area (Å²) < 4.78 is 13.5. The van der Waals surface area contributed by atoms with E-state index in [2.05, 4.69) is 25.8 Å². The Morgan fingerprint density at radius 1 is 1.19 bits per heavy atom. The number of halogens is 1. The molecule has 2 aromatic rings. The van der Waals surface area contributed by atoms with Gasteiger partial charge in [-0.1, -0.05) is 18.2 Å². The molecule has 0 bridgehead atoms. The lowest BCUT2D eigenvalue weighted by Gasteiger charge is -2.20.